The molecule has 0 fully saturated rings. The molecule has 9 nitrogen and oxygen atoms in total. The van der Waals surface area contributed by atoms with Crippen molar-refractivity contribution < 1.29 is 22.8 Å². The van der Waals surface area contributed by atoms with E-state index < -0.39 is 34.1 Å². The van der Waals surface area contributed by atoms with Crippen molar-refractivity contribution in [3.8, 4) is 0 Å². The van der Waals surface area contributed by atoms with Crippen molar-refractivity contribution in [3.63, 3.8) is 0 Å². The Bertz CT molecular complexity index is 1560. The fourth-order valence-corrected chi connectivity index (χ4v) is 5.52. The van der Waals surface area contributed by atoms with Gasteiger partial charge in [-0.3, -0.25) is 29.2 Å². The van der Waals surface area contributed by atoms with Crippen molar-refractivity contribution in [1.82, 2.24) is 14.9 Å². The van der Waals surface area contributed by atoms with Crippen molar-refractivity contribution >= 4 is 54.2 Å². The zero-order valence-corrected chi connectivity index (χ0v) is 20.0. The largest absolute Gasteiger partial charge is 0.282 e. The van der Waals surface area contributed by atoms with Gasteiger partial charge in [-0.15, -0.1) is 0 Å². The van der Waals surface area contributed by atoms with E-state index in [0.717, 1.165) is 28.1 Å². The minimum Gasteiger partial charge on any atom is -0.282 e. The zero-order valence-electron chi connectivity index (χ0n) is 18.4. The van der Waals surface area contributed by atoms with Gasteiger partial charge in [0.05, 0.1) is 32.8 Å². The first-order valence-corrected chi connectivity index (χ1v) is 13.2. The molecule has 0 saturated heterocycles. The van der Waals surface area contributed by atoms with Gasteiger partial charge in [0.15, 0.2) is 15.0 Å². The maximum Gasteiger partial charge on any atom is 0.262 e. The van der Waals surface area contributed by atoms with Crippen molar-refractivity contribution in [3.05, 3.63) is 83.7 Å². The van der Waals surface area contributed by atoms with Gasteiger partial charge >= 0.3 is 0 Å². The zero-order chi connectivity index (χ0) is 24.7. The normalized spacial score (nSPS) is 13.3. The van der Waals surface area contributed by atoms with E-state index in [-0.39, 0.29) is 22.6 Å². The highest BCUT2D eigenvalue weighted by atomic mass is 32.2. The average molecular weight is 507 g/mol. The van der Waals surface area contributed by atoms with Gasteiger partial charge in [0.25, 0.3) is 11.8 Å². The van der Waals surface area contributed by atoms with Crippen LogP contribution in [0.4, 0.5) is 5.13 Å². The standard InChI is InChI=1S/C24H18N4O5S2/c1-35(32,33)16-8-9-19-20(11-16)34-24(26-19)27(13-15-5-4-10-25-12-15)21(29)14-28-22(30)17-6-2-3-7-18(17)23(28)31/h2-12H,13-14H2,1H3. The number of carbonyl (C=O) groups excluding carboxylic acids is 3. The number of hydrogen-bond donors (Lipinski definition) is 0. The summed E-state index contributed by atoms with van der Waals surface area (Å²) in [5, 5.41) is 0.316. The molecule has 2 aromatic heterocycles. The van der Waals surface area contributed by atoms with E-state index in [4.69, 9.17) is 0 Å². The van der Waals surface area contributed by atoms with Gasteiger partial charge in [-0.25, -0.2) is 13.4 Å². The first-order chi connectivity index (χ1) is 16.7. The molecule has 1 aliphatic rings. The van der Waals surface area contributed by atoms with Crippen molar-refractivity contribution in [2.45, 2.75) is 11.4 Å². The Morgan fingerprint density at radius 2 is 1.74 bits per heavy atom. The molecule has 0 aliphatic carbocycles. The van der Waals surface area contributed by atoms with Crippen LogP contribution in [0.15, 0.2) is 71.9 Å². The SMILES string of the molecule is CS(=O)(=O)c1ccc2nc(N(Cc3cccnc3)C(=O)CN3C(=O)c4ccccc4C3=O)sc2c1. The lowest BCUT2D eigenvalue weighted by atomic mass is 10.1. The minimum atomic E-state index is -3.42. The molecule has 176 valence electrons. The number of sulfone groups is 1. The second kappa shape index (κ2) is 8.67. The van der Waals surface area contributed by atoms with E-state index in [2.05, 4.69) is 9.97 Å². The molecule has 0 unspecified atom stereocenters. The minimum absolute atomic E-state index is 0.106. The van der Waals surface area contributed by atoms with Crippen LogP contribution in [0.5, 0.6) is 0 Å². The van der Waals surface area contributed by atoms with Gasteiger partial charge in [-0.05, 0) is 42.0 Å². The average Bonchev–Trinajstić information content (AvgIpc) is 3.37. The molecule has 2 aromatic carbocycles. The van der Waals surface area contributed by atoms with Crippen LogP contribution < -0.4 is 4.90 Å². The van der Waals surface area contributed by atoms with Gasteiger partial charge < -0.3 is 0 Å². The lowest BCUT2D eigenvalue weighted by molar-refractivity contribution is -0.119. The molecule has 0 N–H and O–H groups in total. The maximum atomic E-state index is 13.5. The summed E-state index contributed by atoms with van der Waals surface area (Å²) in [5.41, 5.74) is 1.77. The first kappa shape index (κ1) is 22.8. The van der Waals surface area contributed by atoms with Crippen LogP contribution in [0, 0.1) is 0 Å². The second-order valence-electron chi connectivity index (χ2n) is 7.98. The number of nitrogens with zero attached hydrogens (tertiary/aromatic N) is 4. The van der Waals surface area contributed by atoms with Crippen molar-refractivity contribution in [2.75, 3.05) is 17.7 Å². The number of pyridine rings is 1. The van der Waals surface area contributed by atoms with E-state index in [1.54, 1.807) is 54.9 Å². The summed E-state index contributed by atoms with van der Waals surface area (Å²) in [7, 11) is -3.42. The third kappa shape index (κ3) is 4.31. The Morgan fingerprint density at radius 1 is 1.03 bits per heavy atom. The lowest BCUT2D eigenvalue weighted by Gasteiger charge is -2.22. The van der Waals surface area contributed by atoms with E-state index in [1.165, 1.54) is 17.0 Å². The number of benzene rings is 2. The number of aromatic nitrogens is 2. The quantitative estimate of drug-likeness (QED) is 0.369. The summed E-state index contributed by atoms with van der Waals surface area (Å²) >= 11 is 1.15. The molecular weight excluding hydrogens is 488 g/mol. The van der Waals surface area contributed by atoms with Crippen LogP contribution in [-0.2, 0) is 21.2 Å². The Balaban J connectivity index is 1.50. The summed E-state index contributed by atoms with van der Waals surface area (Å²) in [6.07, 6.45) is 4.34. The van der Waals surface area contributed by atoms with Crippen LogP contribution in [0.3, 0.4) is 0 Å². The molecule has 1 aliphatic heterocycles. The molecule has 5 rings (SSSR count). The summed E-state index contributed by atoms with van der Waals surface area (Å²) < 4.78 is 24.5. The van der Waals surface area contributed by atoms with Gasteiger partial charge in [-0.1, -0.05) is 29.5 Å². The van der Waals surface area contributed by atoms with E-state index in [9.17, 15) is 22.8 Å². The van der Waals surface area contributed by atoms with Crippen molar-refractivity contribution in [2.24, 2.45) is 0 Å². The van der Waals surface area contributed by atoms with Gasteiger partial charge in [0, 0.05) is 18.6 Å². The Kier molecular flexibility index (Phi) is 5.65. The molecule has 3 amide bonds. The Hall–Kier alpha value is -3.96. The van der Waals surface area contributed by atoms with Crippen LogP contribution in [-0.4, -0.2) is 53.8 Å². The third-order valence-corrected chi connectivity index (χ3v) is 7.70. The number of carbonyl (C=O) groups is 3. The van der Waals surface area contributed by atoms with Crippen LogP contribution in [0.2, 0.25) is 0 Å². The fraction of sp³-hybridized carbons (Fsp3) is 0.125. The summed E-state index contributed by atoms with van der Waals surface area (Å²) in [6, 6.07) is 14.5. The Labute approximate surface area is 204 Å². The molecule has 3 heterocycles. The molecular formula is C24H18N4O5S2. The highest BCUT2D eigenvalue weighted by molar-refractivity contribution is 7.90. The van der Waals surface area contributed by atoms with Crippen LogP contribution in [0.25, 0.3) is 10.2 Å². The smallest absolute Gasteiger partial charge is 0.262 e. The van der Waals surface area contributed by atoms with Gasteiger partial charge in [0.2, 0.25) is 5.91 Å². The predicted octanol–water partition coefficient (Wildman–Crippen LogP) is 2.92. The monoisotopic (exact) mass is 506 g/mol. The van der Waals surface area contributed by atoms with Gasteiger partial charge in [-0.2, -0.15) is 0 Å². The first-order valence-electron chi connectivity index (χ1n) is 10.5. The third-order valence-electron chi connectivity index (χ3n) is 5.54. The number of amides is 3. The van der Waals surface area contributed by atoms with Crippen LogP contribution >= 0.6 is 11.3 Å². The van der Waals surface area contributed by atoms with Crippen molar-refractivity contribution in [1.29, 1.82) is 0 Å². The summed E-state index contributed by atoms with van der Waals surface area (Å²) in [4.78, 5) is 50.1. The number of imide groups is 1. The highest BCUT2D eigenvalue weighted by Gasteiger charge is 2.37. The number of thiazole rings is 1. The van der Waals surface area contributed by atoms with E-state index in [1.807, 2.05) is 0 Å². The molecule has 35 heavy (non-hydrogen) atoms. The molecule has 0 atom stereocenters. The van der Waals surface area contributed by atoms with Crippen LogP contribution in [0.1, 0.15) is 26.3 Å². The molecule has 0 saturated carbocycles. The lowest BCUT2D eigenvalue weighted by Crippen LogP contribution is -2.42. The Morgan fingerprint density at radius 3 is 2.37 bits per heavy atom. The van der Waals surface area contributed by atoms with E-state index in [0.29, 0.717) is 15.3 Å². The molecule has 0 bridgehead atoms. The van der Waals surface area contributed by atoms with Gasteiger partial charge in [0.1, 0.15) is 6.54 Å². The number of fused-ring (bicyclic) bond motifs is 2. The maximum absolute atomic E-state index is 13.5. The summed E-state index contributed by atoms with van der Waals surface area (Å²) in [6.45, 7) is -0.355. The highest BCUT2D eigenvalue weighted by Crippen LogP contribution is 2.32. The summed E-state index contributed by atoms with van der Waals surface area (Å²) in [5.74, 6) is -1.56. The second-order valence-corrected chi connectivity index (χ2v) is 11.0. The molecule has 4 aromatic rings. The number of hydrogen-bond acceptors (Lipinski definition) is 8. The number of anilines is 1. The predicted molar refractivity (Wildman–Crippen MR) is 130 cm³/mol. The fourth-order valence-electron chi connectivity index (χ4n) is 3.78. The number of rotatable bonds is 6. The topological polar surface area (TPSA) is 118 Å². The van der Waals surface area contributed by atoms with E-state index >= 15 is 0 Å². The molecule has 0 radical (unpaired) electrons. The molecule has 11 heteroatoms. The molecule has 0 spiro atoms.